The first-order valence-corrected chi connectivity index (χ1v) is 8.69. The van der Waals surface area contributed by atoms with Gasteiger partial charge in [-0.05, 0) is 43.1 Å². The zero-order chi connectivity index (χ0) is 14.2. The molecule has 2 saturated heterocycles. The summed E-state index contributed by atoms with van der Waals surface area (Å²) in [5.74, 6) is 3.36. The van der Waals surface area contributed by atoms with E-state index in [0.717, 1.165) is 38.0 Å². The van der Waals surface area contributed by atoms with E-state index in [1.807, 2.05) is 11.8 Å². The predicted octanol–water partition coefficient (Wildman–Crippen LogP) is 2.60. The molecule has 1 atom stereocenters. The fourth-order valence-corrected chi connectivity index (χ4v) is 4.68. The molecule has 6 heteroatoms. The third-order valence-electron chi connectivity index (χ3n) is 4.52. The Bertz CT molecular complexity index is 462. The van der Waals surface area contributed by atoms with Crippen LogP contribution >= 0.6 is 11.8 Å². The minimum absolute atomic E-state index is 0.0725. The maximum absolute atomic E-state index is 6.16. The Morgan fingerprint density at radius 1 is 1.40 bits per heavy atom. The lowest BCUT2D eigenvalue weighted by Crippen LogP contribution is -2.43. The van der Waals surface area contributed by atoms with E-state index in [0.29, 0.717) is 17.8 Å². The van der Waals surface area contributed by atoms with Gasteiger partial charge in [-0.1, -0.05) is 19.1 Å². The molecule has 1 aromatic rings. The van der Waals surface area contributed by atoms with Gasteiger partial charge in [-0.3, -0.25) is 0 Å². The van der Waals surface area contributed by atoms with E-state index in [2.05, 4.69) is 28.8 Å². The molecule has 3 rings (SSSR count). The number of hydrogen-bond donors (Lipinski definition) is 1. The third kappa shape index (κ3) is 2.55. The molecule has 0 amide bonds. The molecule has 2 fully saturated rings. The minimum Gasteiger partial charge on any atom is -0.381 e. The summed E-state index contributed by atoms with van der Waals surface area (Å²) in [5.41, 5.74) is 7.14. The third-order valence-corrected chi connectivity index (χ3v) is 5.51. The Kier molecular flexibility index (Phi) is 3.95. The van der Waals surface area contributed by atoms with Crippen molar-refractivity contribution in [3.05, 3.63) is 5.69 Å². The molecule has 5 nitrogen and oxygen atoms in total. The number of rotatable bonds is 2. The van der Waals surface area contributed by atoms with E-state index in [-0.39, 0.29) is 5.60 Å². The summed E-state index contributed by atoms with van der Waals surface area (Å²) in [6.45, 7) is 5.13. The van der Waals surface area contributed by atoms with Crippen molar-refractivity contribution in [1.82, 2.24) is 15.0 Å². The zero-order valence-electron chi connectivity index (χ0n) is 12.3. The predicted molar refractivity (Wildman–Crippen MR) is 82.0 cm³/mol. The van der Waals surface area contributed by atoms with Gasteiger partial charge < -0.3 is 10.5 Å². The molecule has 2 N–H and O–H groups in total. The van der Waals surface area contributed by atoms with Crippen molar-refractivity contribution < 1.29 is 4.74 Å². The van der Waals surface area contributed by atoms with Crippen molar-refractivity contribution >= 4 is 17.6 Å². The summed E-state index contributed by atoms with van der Waals surface area (Å²) in [7, 11) is 0. The number of ether oxygens (including phenoxy) is 1. The Morgan fingerprint density at radius 3 is 2.85 bits per heavy atom. The first-order valence-electron chi connectivity index (χ1n) is 7.53. The van der Waals surface area contributed by atoms with Gasteiger partial charge in [-0.2, -0.15) is 11.8 Å². The lowest BCUT2D eigenvalue weighted by Gasteiger charge is -2.43. The van der Waals surface area contributed by atoms with Crippen molar-refractivity contribution in [1.29, 1.82) is 0 Å². The van der Waals surface area contributed by atoms with Crippen LogP contribution in [0.4, 0.5) is 5.82 Å². The van der Waals surface area contributed by atoms with Crippen LogP contribution in [0.3, 0.4) is 0 Å². The summed E-state index contributed by atoms with van der Waals surface area (Å²) >= 11 is 2.04. The van der Waals surface area contributed by atoms with Crippen molar-refractivity contribution in [2.24, 2.45) is 0 Å². The van der Waals surface area contributed by atoms with Crippen LogP contribution in [-0.2, 0) is 4.74 Å². The monoisotopic (exact) mass is 296 g/mol. The molecule has 0 radical (unpaired) electrons. The molecule has 2 aliphatic rings. The van der Waals surface area contributed by atoms with Gasteiger partial charge in [0.2, 0.25) is 0 Å². The molecular weight excluding hydrogens is 272 g/mol. The lowest BCUT2D eigenvalue weighted by molar-refractivity contribution is -0.101. The number of nitrogen functional groups attached to an aromatic ring is 1. The average Bonchev–Trinajstić information content (AvgIpc) is 2.82. The number of hydrogen-bond acceptors (Lipinski definition) is 5. The maximum Gasteiger partial charge on any atom is 0.169 e. The molecule has 0 saturated carbocycles. The van der Waals surface area contributed by atoms with E-state index in [4.69, 9.17) is 10.5 Å². The second kappa shape index (κ2) is 5.56. The van der Waals surface area contributed by atoms with Gasteiger partial charge in [-0.15, -0.1) is 5.10 Å². The molecule has 0 aliphatic carbocycles. The fourth-order valence-electron chi connectivity index (χ4n) is 3.45. The first-order chi connectivity index (χ1) is 9.61. The quantitative estimate of drug-likeness (QED) is 0.908. The molecule has 1 aromatic heterocycles. The highest BCUT2D eigenvalue weighted by Gasteiger charge is 2.40. The zero-order valence-corrected chi connectivity index (χ0v) is 13.2. The molecular formula is C14H24N4OS. The number of aromatic nitrogens is 3. The fraction of sp³-hybridized carbons (Fsp3) is 0.857. The van der Waals surface area contributed by atoms with Crippen molar-refractivity contribution in [2.45, 2.75) is 57.1 Å². The Hall–Kier alpha value is -0.750. The second-order valence-corrected chi connectivity index (χ2v) is 7.47. The number of anilines is 1. The Labute approximate surface area is 124 Å². The van der Waals surface area contributed by atoms with Crippen molar-refractivity contribution in [3.63, 3.8) is 0 Å². The molecule has 2 aliphatic heterocycles. The molecule has 1 unspecified atom stereocenters. The summed E-state index contributed by atoms with van der Waals surface area (Å²) in [5, 5.41) is 8.41. The van der Waals surface area contributed by atoms with Crippen LogP contribution in [0.25, 0.3) is 0 Å². The molecule has 112 valence electrons. The van der Waals surface area contributed by atoms with Crippen LogP contribution in [0.5, 0.6) is 0 Å². The van der Waals surface area contributed by atoms with Gasteiger partial charge in [0, 0.05) is 6.61 Å². The molecule has 3 heterocycles. The van der Waals surface area contributed by atoms with Gasteiger partial charge in [0.25, 0.3) is 0 Å². The maximum atomic E-state index is 6.16. The van der Waals surface area contributed by atoms with E-state index in [9.17, 15) is 0 Å². The average molecular weight is 296 g/mol. The number of nitrogens with zero attached hydrogens (tertiary/aromatic N) is 3. The molecule has 0 aromatic carbocycles. The topological polar surface area (TPSA) is 66.0 Å². The minimum atomic E-state index is 0.0725. The van der Waals surface area contributed by atoms with E-state index >= 15 is 0 Å². The van der Waals surface area contributed by atoms with Gasteiger partial charge in [-0.25, -0.2) is 4.68 Å². The van der Waals surface area contributed by atoms with Gasteiger partial charge in [0.05, 0.1) is 17.3 Å². The highest BCUT2D eigenvalue weighted by molar-refractivity contribution is 7.99. The van der Waals surface area contributed by atoms with Crippen LogP contribution in [0, 0.1) is 0 Å². The van der Waals surface area contributed by atoms with Gasteiger partial charge in [0.15, 0.2) is 5.82 Å². The van der Waals surface area contributed by atoms with Crippen LogP contribution in [0.15, 0.2) is 0 Å². The Morgan fingerprint density at radius 2 is 2.15 bits per heavy atom. The normalized spacial score (nSPS) is 26.2. The van der Waals surface area contributed by atoms with E-state index < -0.39 is 0 Å². The highest BCUT2D eigenvalue weighted by atomic mass is 32.2. The highest BCUT2D eigenvalue weighted by Crippen LogP contribution is 2.42. The smallest absolute Gasteiger partial charge is 0.169 e. The van der Waals surface area contributed by atoms with E-state index in [1.54, 1.807) is 0 Å². The van der Waals surface area contributed by atoms with Crippen LogP contribution < -0.4 is 5.73 Å². The van der Waals surface area contributed by atoms with Crippen LogP contribution in [0.1, 0.15) is 57.2 Å². The number of thioether (sulfide) groups is 1. The van der Waals surface area contributed by atoms with E-state index in [1.165, 1.54) is 11.5 Å². The SMILES string of the molecule is CC(C)c1c(N)nnn1C1CCOC2(CCSCC2)C1. The first kappa shape index (κ1) is 14.2. The van der Waals surface area contributed by atoms with Crippen molar-refractivity contribution in [2.75, 3.05) is 23.8 Å². The standard InChI is InChI=1S/C14H24N4OS/c1-10(2)12-13(15)16-17-18(12)11-3-6-19-14(9-11)4-7-20-8-5-14/h10-11H,3-9,15H2,1-2H3. The summed E-state index contributed by atoms with van der Waals surface area (Å²) in [4.78, 5) is 0. The van der Waals surface area contributed by atoms with Crippen LogP contribution in [-0.4, -0.2) is 38.7 Å². The second-order valence-electron chi connectivity index (χ2n) is 6.25. The van der Waals surface area contributed by atoms with Gasteiger partial charge in [0.1, 0.15) is 0 Å². The van der Waals surface area contributed by atoms with Gasteiger partial charge >= 0.3 is 0 Å². The Balaban J connectivity index is 1.83. The summed E-state index contributed by atoms with van der Waals surface area (Å²) in [6.07, 6.45) is 4.39. The number of nitrogens with two attached hydrogens (primary N) is 1. The molecule has 20 heavy (non-hydrogen) atoms. The summed E-state index contributed by atoms with van der Waals surface area (Å²) in [6, 6.07) is 0.383. The van der Waals surface area contributed by atoms with Crippen molar-refractivity contribution in [3.8, 4) is 0 Å². The summed E-state index contributed by atoms with van der Waals surface area (Å²) < 4.78 is 8.23. The van der Waals surface area contributed by atoms with Crippen LogP contribution in [0.2, 0.25) is 0 Å². The lowest BCUT2D eigenvalue weighted by atomic mass is 9.85. The largest absolute Gasteiger partial charge is 0.381 e. The molecule has 1 spiro atoms. The molecule has 0 bridgehead atoms.